The van der Waals surface area contributed by atoms with Gasteiger partial charge in [-0.25, -0.2) is 9.18 Å². The number of hydrogen-bond donors (Lipinski definition) is 1. The topological polar surface area (TPSA) is 104 Å². The first kappa shape index (κ1) is 28.2. The zero-order valence-electron chi connectivity index (χ0n) is 23.0. The minimum Gasteiger partial charge on any atom is -0.493 e. The van der Waals surface area contributed by atoms with Gasteiger partial charge in [-0.1, -0.05) is 55.8 Å². The monoisotopic (exact) mass is 564 g/mol. The lowest BCUT2D eigenvalue weighted by molar-refractivity contribution is 0.0730. The Labute approximate surface area is 243 Å². The summed E-state index contributed by atoms with van der Waals surface area (Å²) >= 11 is 0. The second kappa shape index (κ2) is 12.9. The van der Waals surface area contributed by atoms with Crippen LogP contribution in [-0.4, -0.2) is 12.6 Å². The van der Waals surface area contributed by atoms with E-state index in [0.717, 1.165) is 24.0 Å². The molecule has 0 aromatic heterocycles. The van der Waals surface area contributed by atoms with Gasteiger partial charge in [-0.3, -0.25) is 0 Å². The van der Waals surface area contributed by atoms with E-state index in [2.05, 4.69) is 13.0 Å². The van der Waals surface area contributed by atoms with Crippen LogP contribution in [0.2, 0.25) is 0 Å². The molecule has 212 valence electrons. The molecule has 2 N–H and O–H groups in total. The van der Waals surface area contributed by atoms with Gasteiger partial charge in [-0.2, -0.15) is 5.26 Å². The van der Waals surface area contributed by atoms with Crippen molar-refractivity contribution in [2.45, 2.75) is 32.3 Å². The third-order valence-electron chi connectivity index (χ3n) is 6.77. The van der Waals surface area contributed by atoms with Gasteiger partial charge in [0.15, 0.2) is 0 Å². The smallest absolute Gasteiger partial charge is 0.347 e. The number of para-hydroxylation sites is 1. The van der Waals surface area contributed by atoms with Crippen LogP contribution in [0.15, 0.2) is 102 Å². The first-order valence-corrected chi connectivity index (χ1v) is 13.6. The predicted molar refractivity (Wildman–Crippen MR) is 155 cm³/mol. The summed E-state index contributed by atoms with van der Waals surface area (Å²) in [5.41, 5.74) is 9.01. The fourth-order valence-electron chi connectivity index (χ4n) is 4.62. The number of unbranched alkanes of at least 4 members (excludes halogenated alkanes) is 1. The summed E-state index contributed by atoms with van der Waals surface area (Å²) in [6.45, 7) is 2.81. The van der Waals surface area contributed by atoms with Gasteiger partial charge in [0.1, 0.15) is 52.6 Å². The average Bonchev–Trinajstić information content (AvgIpc) is 3.00. The minimum atomic E-state index is -0.568. The van der Waals surface area contributed by atoms with Crippen molar-refractivity contribution in [3.05, 3.63) is 131 Å². The molecular weight excluding hydrogens is 535 g/mol. The van der Waals surface area contributed by atoms with Crippen LogP contribution in [0.25, 0.3) is 0 Å². The molecule has 1 heterocycles. The molecule has 0 saturated heterocycles. The number of nitrogens with zero attached hydrogens (tertiary/aromatic N) is 1. The normalized spacial score (nSPS) is 13.9. The van der Waals surface area contributed by atoms with Crippen molar-refractivity contribution in [1.82, 2.24) is 0 Å². The molecule has 5 rings (SSSR count). The van der Waals surface area contributed by atoms with Crippen molar-refractivity contribution < 1.29 is 28.1 Å². The summed E-state index contributed by atoms with van der Waals surface area (Å²) in [5, 5.41) is 9.95. The quantitative estimate of drug-likeness (QED) is 0.125. The van der Waals surface area contributed by atoms with Crippen molar-refractivity contribution in [2.24, 2.45) is 5.73 Å². The highest BCUT2D eigenvalue weighted by Gasteiger charge is 2.31. The molecule has 4 aromatic rings. The Hall–Kier alpha value is -5.29. The molecule has 42 heavy (non-hydrogen) atoms. The predicted octanol–water partition coefficient (Wildman–Crippen LogP) is 7.02. The van der Waals surface area contributed by atoms with Crippen molar-refractivity contribution in [3.63, 3.8) is 0 Å². The Balaban J connectivity index is 1.38. The standard InChI is InChI=1S/C34H29FN2O5/c1-2-3-17-39-30-10-5-4-9-28(30)34(38)41-26-15-16-27-31(19-26)42-33(37)29(20-36)32(27)23-7-6-8-25(18-23)40-21-22-11-13-24(35)14-12-22/h4-16,18-19,32H,2-3,17,21,37H2,1H3. The molecule has 8 heteroatoms. The number of hydrogen-bond acceptors (Lipinski definition) is 7. The summed E-state index contributed by atoms with van der Waals surface area (Å²) in [6.07, 6.45) is 1.84. The third kappa shape index (κ3) is 6.37. The van der Waals surface area contributed by atoms with E-state index in [-0.39, 0.29) is 29.6 Å². The summed E-state index contributed by atoms with van der Waals surface area (Å²) in [4.78, 5) is 13.0. The minimum absolute atomic E-state index is 0.0363. The van der Waals surface area contributed by atoms with Crippen molar-refractivity contribution in [2.75, 3.05) is 6.61 Å². The van der Waals surface area contributed by atoms with Crippen LogP contribution in [0.1, 0.15) is 52.7 Å². The van der Waals surface area contributed by atoms with E-state index in [9.17, 15) is 14.4 Å². The maximum absolute atomic E-state index is 13.2. The lowest BCUT2D eigenvalue weighted by atomic mass is 9.83. The molecule has 1 aliphatic heterocycles. The molecule has 0 amide bonds. The number of allylic oxidation sites excluding steroid dienone is 1. The second-order valence-electron chi connectivity index (χ2n) is 9.70. The second-order valence-corrected chi connectivity index (χ2v) is 9.70. The number of ether oxygens (including phenoxy) is 4. The summed E-state index contributed by atoms with van der Waals surface area (Å²) < 4.78 is 36.5. The van der Waals surface area contributed by atoms with Gasteiger partial charge in [0.05, 0.1) is 12.5 Å². The van der Waals surface area contributed by atoms with Crippen LogP contribution in [0.5, 0.6) is 23.0 Å². The van der Waals surface area contributed by atoms with E-state index in [1.54, 1.807) is 60.7 Å². The zero-order chi connectivity index (χ0) is 29.5. The first-order chi connectivity index (χ1) is 20.5. The Morgan fingerprint density at radius 3 is 2.57 bits per heavy atom. The molecule has 0 spiro atoms. The highest BCUT2D eigenvalue weighted by molar-refractivity contribution is 5.94. The van der Waals surface area contributed by atoms with Crippen LogP contribution in [0.4, 0.5) is 4.39 Å². The molecule has 7 nitrogen and oxygen atoms in total. The molecule has 0 radical (unpaired) electrons. The average molecular weight is 565 g/mol. The molecule has 0 saturated carbocycles. The number of fused-ring (bicyclic) bond motifs is 1. The number of carbonyl (C=O) groups excluding carboxylic acids is 1. The van der Waals surface area contributed by atoms with E-state index >= 15 is 0 Å². The van der Waals surface area contributed by atoms with Gasteiger partial charge < -0.3 is 24.7 Å². The fraction of sp³-hybridized carbons (Fsp3) is 0.176. The summed E-state index contributed by atoms with van der Waals surface area (Å²) in [7, 11) is 0. The van der Waals surface area contributed by atoms with E-state index < -0.39 is 11.9 Å². The Morgan fingerprint density at radius 2 is 1.79 bits per heavy atom. The molecule has 4 aromatic carbocycles. The van der Waals surface area contributed by atoms with Gasteiger partial charge >= 0.3 is 5.97 Å². The Morgan fingerprint density at radius 1 is 0.976 bits per heavy atom. The number of carbonyl (C=O) groups is 1. The van der Waals surface area contributed by atoms with Crippen molar-refractivity contribution in [3.8, 4) is 29.1 Å². The van der Waals surface area contributed by atoms with Gasteiger partial charge in [0, 0.05) is 11.6 Å². The summed E-state index contributed by atoms with van der Waals surface area (Å²) in [6, 6.07) is 27.5. The lowest BCUT2D eigenvalue weighted by Gasteiger charge is -2.27. The van der Waals surface area contributed by atoms with E-state index in [1.807, 2.05) is 18.2 Å². The van der Waals surface area contributed by atoms with Gasteiger partial charge in [-0.15, -0.1) is 0 Å². The Kier molecular flexibility index (Phi) is 8.69. The SMILES string of the molecule is CCCCOc1ccccc1C(=O)Oc1ccc2c(c1)OC(N)=C(C#N)C2c1cccc(OCc2ccc(F)cc2)c1. The van der Waals surface area contributed by atoms with E-state index in [0.29, 0.717) is 35.0 Å². The number of halogens is 1. The van der Waals surface area contributed by atoms with E-state index in [1.165, 1.54) is 12.1 Å². The molecular formula is C34H29FN2O5. The van der Waals surface area contributed by atoms with Gasteiger partial charge in [0.2, 0.25) is 5.88 Å². The molecule has 1 atom stereocenters. The molecule has 0 aliphatic carbocycles. The van der Waals surface area contributed by atoms with Crippen LogP contribution in [0.3, 0.4) is 0 Å². The zero-order valence-corrected chi connectivity index (χ0v) is 23.0. The highest BCUT2D eigenvalue weighted by Crippen LogP contribution is 2.44. The number of nitrogens with two attached hydrogens (primary N) is 1. The number of benzene rings is 4. The molecule has 0 bridgehead atoms. The summed E-state index contributed by atoms with van der Waals surface area (Å²) in [5.74, 6) is 0.200. The number of rotatable bonds is 10. The molecule has 1 aliphatic rings. The largest absolute Gasteiger partial charge is 0.493 e. The van der Waals surface area contributed by atoms with Gasteiger partial charge in [-0.05, 0) is 60.0 Å². The molecule has 1 unspecified atom stereocenters. The van der Waals surface area contributed by atoms with Crippen LogP contribution < -0.4 is 24.7 Å². The van der Waals surface area contributed by atoms with Crippen molar-refractivity contribution in [1.29, 1.82) is 5.26 Å². The van der Waals surface area contributed by atoms with Crippen LogP contribution in [-0.2, 0) is 6.61 Å². The van der Waals surface area contributed by atoms with Crippen LogP contribution >= 0.6 is 0 Å². The number of nitriles is 1. The maximum Gasteiger partial charge on any atom is 0.347 e. The lowest BCUT2D eigenvalue weighted by Crippen LogP contribution is -2.21. The highest BCUT2D eigenvalue weighted by atomic mass is 19.1. The maximum atomic E-state index is 13.2. The van der Waals surface area contributed by atoms with Gasteiger partial charge in [0.25, 0.3) is 0 Å². The fourth-order valence-corrected chi connectivity index (χ4v) is 4.62. The third-order valence-corrected chi connectivity index (χ3v) is 6.77. The molecule has 0 fully saturated rings. The van der Waals surface area contributed by atoms with Crippen molar-refractivity contribution >= 4 is 5.97 Å². The Bertz CT molecular complexity index is 1660. The number of esters is 1. The first-order valence-electron chi connectivity index (χ1n) is 13.6. The van der Waals surface area contributed by atoms with E-state index in [4.69, 9.17) is 24.7 Å². The van der Waals surface area contributed by atoms with Crippen LogP contribution in [0, 0.1) is 17.1 Å².